The van der Waals surface area contributed by atoms with Gasteiger partial charge in [0.05, 0.1) is 5.69 Å². The first kappa shape index (κ1) is 20.0. The summed E-state index contributed by atoms with van der Waals surface area (Å²) in [7, 11) is 0. The van der Waals surface area contributed by atoms with Crippen LogP contribution in [0.3, 0.4) is 0 Å². The molecular formula is C27H26F2N2. The fraction of sp³-hybridized carbons (Fsp3) is 0.259. The molecule has 158 valence electrons. The monoisotopic (exact) mass is 416 g/mol. The van der Waals surface area contributed by atoms with E-state index in [4.69, 9.17) is 0 Å². The number of aromatic amines is 1. The highest BCUT2D eigenvalue weighted by Crippen LogP contribution is 2.40. The second-order valence-electron chi connectivity index (χ2n) is 8.44. The van der Waals surface area contributed by atoms with E-state index in [0.29, 0.717) is 11.5 Å². The van der Waals surface area contributed by atoms with Crippen molar-refractivity contribution >= 4 is 10.9 Å². The van der Waals surface area contributed by atoms with E-state index in [9.17, 15) is 8.78 Å². The van der Waals surface area contributed by atoms with E-state index in [0.717, 1.165) is 50.1 Å². The quantitative estimate of drug-likeness (QED) is 0.392. The second-order valence-corrected chi connectivity index (χ2v) is 8.44. The van der Waals surface area contributed by atoms with Gasteiger partial charge in [-0.3, -0.25) is 0 Å². The summed E-state index contributed by atoms with van der Waals surface area (Å²) in [6, 6.07) is 23.0. The van der Waals surface area contributed by atoms with Gasteiger partial charge in [0.25, 0.3) is 0 Å². The van der Waals surface area contributed by atoms with Gasteiger partial charge in [0.1, 0.15) is 0 Å². The molecule has 0 atom stereocenters. The Bertz CT molecular complexity index is 1170. The third-order valence-electron chi connectivity index (χ3n) is 6.51. The molecule has 0 bridgehead atoms. The molecule has 0 radical (unpaired) electrons. The van der Waals surface area contributed by atoms with Gasteiger partial charge in [-0.25, -0.2) is 8.78 Å². The van der Waals surface area contributed by atoms with Crippen LogP contribution < -0.4 is 0 Å². The van der Waals surface area contributed by atoms with E-state index in [2.05, 4.69) is 52.3 Å². The van der Waals surface area contributed by atoms with Crippen LogP contribution in [0.4, 0.5) is 8.78 Å². The maximum absolute atomic E-state index is 14.0. The normalized spacial score (nSPS) is 15.5. The molecule has 31 heavy (non-hydrogen) atoms. The number of H-pyrrole nitrogens is 1. The molecule has 5 rings (SSSR count). The third kappa shape index (κ3) is 4.13. The van der Waals surface area contributed by atoms with Gasteiger partial charge in [-0.1, -0.05) is 48.5 Å². The fourth-order valence-corrected chi connectivity index (χ4v) is 4.84. The van der Waals surface area contributed by atoms with E-state index in [1.165, 1.54) is 28.6 Å². The van der Waals surface area contributed by atoms with Crippen LogP contribution in [0, 0.1) is 11.6 Å². The molecule has 4 aromatic rings. The molecule has 0 amide bonds. The summed E-state index contributed by atoms with van der Waals surface area (Å²) in [5.41, 5.74) is 5.29. The lowest BCUT2D eigenvalue weighted by Crippen LogP contribution is -2.34. The molecule has 2 heterocycles. The van der Waals surface area contributed by atoms with Gasteiger partial charge in [-0.15, -0.1) is 0 Å². The van der Waals surface area contributed by atoms with Crippen molar-refractivity contribution in [1.29, 1.82) is 0 Å². The highest BCUT2D eigenvalue weighted by molar-refractivity contribution is 5.91. The molecule has 4 heteroatoms. The molecule has 1 saturated heterocycles. The number of halogens is 2. The van der Waals surface area contributed by atoms with Crippen LogP contribution in [-0.4, -0.2) is 29.5 Å². The molecule has 0 aliphatic carbocycles. The van der Waals surface area contributed by atoms with Gasteiger partial charge in [0.2, 0.25) is 0 Å². The number of benzene rings is 3. The highest BCUT2D eigenvalue weighted by Gasteiger charge is 2.26. The average molecular weight is 417 g/mol. The smallest absolute Gasteiger partial charge is 0.159 e. The molecule has 1 aliphatic heterocycles. The lowest BCUT2D eigenvalue weighted by atomic mass is 9.86. The Balaban J connectivity index is 1.38. The minimum Gasteiger partial charge on any atom is -0.354 e. The molecule has 3 aromatic carbocycles. The average Bonchev–Trinajstić information content (AvgIpc) is 3.20. The summed E-state index contributed by atoms with van der Waals surface area (Å²) >= 11 is 0. The molecule has 0 saturated carbocycles. The van der Waals surface area contributed by atoms with Gasteiger partial charge >= 0.3 is 0 Å². The largest absolute Gasteiger partial charge is 0.354 e. The molecule has 1 aromatic heterocycles. The number of nitrogens with zero attached hydrogens (tertiary/aromatic N) is 1. The lowest BCUT2D eigenvalue weighted by Gasteiger charge is -2.32. The van der Waals surface area contributed by atoms with Crippen LogP contribution >= 0.6 is 0 Å². The summed E-state index contributed by atoms with van der Waals surface area (Å²) in [6.07, 6.45) is 3.19. The van der Waals surface area contributed by atoms with E-state index < -0.39 is 11.6 Å². The van der Waals surface area contributed by atoms with Crippen LogP contribution in [0.5, 0.6) is 0 Å². The maximum Gasteiger partial charge on any atom is 0.159 e. The fourth-order valence-electron chi connectivity index (χ4n) is 4.84. The van der Waals surface area contributed by atoms with Crippen molar-refractivity contribution in [3.63, 3.8) is 0 Å². The lowest BCUT2D eigenvalue weighted by molar-refractivity contribution is 0.215. The molecule has 1 aliphatic rings. The number of piperidine rings is 1. The standard InChI is InChI=1S/C27H26F2N2/c28-23-11-10-21(18-24(23)29)27-26(22-8-4-5-9-25(22)30-27)20-13-16-31(17-14-20)15-12-19-6-2-1-3-7-19/h1-11,18,20,30H,12-17H2. The number of fused-ring (bicyclic) bond motifs is 1. The Morgan fingerprint density at radius 1 is 0.839 bits per heavy atom. The van der Waals surface area contributed by atoms with Crippen LogP contribution in [0.1, 0.15) is 29.9 Å². The number of nitrogens with one attached hydrogen (secondary N) is 1. The van der Waals surface area contributed by atoms with Crippen molar-refractivity contribution < 1.29 is 8.78 Å². The maximum atomic E-state index is 14.0. The number of para-hydroxylation sites is 1. The molecule has 1 N–H and O–H groups in total. The van der Waals surface area contributed by atoms with Crippen molar-refractivity contribution in [2.75, 3.05) is 19.6 Å². The Morgan fingerprint density at radius 2 is 1.58 bits per heavy atom. The van der Waals surface area contributed by atoms with Gasteiger partial charge in [0.15, 0.2) is 11.6 Å². The zero-order valence-corrected chi connectivity index (χ0v) is 17.5. The first-order valence-corrected chi connectivity index (χ1v) is 11.0. The van der Waals surface area contributed by atoms with Crippen LogP contribution in [0.2, 0.25) is 0 Å². The highest BCUT2D eigenvalue weighted by atomic mass is 19.2. The Morgan fingerprint density at radius 3 is 2.35 bits per heavy atom. The second kappa shape index (κ2) is 8.64. The van der Waals surface area contributed by atoms with E-state index in [-0.39, 0.29) is 0 Å². The van der Waals surface area contributed by atoms with Crippen molar-refractivity contribution in [3.05, 3.63) is 95.6 Å². The first-order valence-electron chi connectivity index (χ1n) is 11.0. The van der Waals surface area contributed by atoms with Gasteiger partial charge in [-0.05, 0) is 73.7 Å². The van der Waals surface area contributed by atoms with E-state index in [1.54, 1.807) is 6.07 Å². The van der Waals surface area contributed by atoms with E-state index in [1.807, 2.05) is 12.1 Å². The predicted molar refractivity (Wildman–Crippen MR) is 122 cm³/mol. The van der Waals surface area contributed by atoms with Crippen molar-refractivity contribution in [2.24, 2.45) is 0 Å². The molecule has 2 nitrogen and oxygen atoms in total. The summed E-state index contributed by atoms with van der Waals surface area (Å²) in [5, 5.41) is 1.19. The zero-order chi connectivity index (χ0) is 21.2. The van der Waals surface area contributed by atoms with Crippen LogP contribution in [0.25, 0.3) is 22.2 Å². The Kier molecular flexibility index (Phi) is 5.56. The molecule has 0 unspecified atom stereocenters. The van der Waals surface area contributed by atoms with Gasteiger partial charge in [-0.2, -0.15) is 0 Å². The van der Waals surface area contributed by atoms with Crippen LogP contribution in [-0.2, 0) is 6.42 Å². The minimum atomic E-state index is -0.812. The summed E-state index contributed by atoms with van der Waals surface area (Å²) in [6.45, 7) is 3.17. The number of likely N-dealkylation sites (tertiary alicyclic amines) is 1. The van der Waals surface area contributed by atoms with Gasteiger partial charge in [0, 0.05) is 23.0 Å². The third-order valence-corrected chi connectivity index (χ3v) is 6.51. The van der Waals surface area contributed by atoms with Crippen molar-refractivity contribution in [1.82, 2.24) is 9.88 Å². The number of hydrogen-bond acceptors (Lipinski definition) is 1. The summed E-state index contributed by atoms with van der Waals surface area (Å²) in [5.74, 6) is -1.22. The number of hydrogen-bond donors (Lipinski definition) is 1. The molecule has 1 fully saturated rings. The summed E-state index contributed by atoms with van der Waals surface area (Å²) in [4.78, 5) is 6.02. The minimum absolute atomic E-state index is 0.396. The zero-order valence-electron chi connectivity index (χ0n) is 17.5. The molecule has 0 spiro atoms. The van der Waals surface area contributed by atoms with Crippen molar-refractivity contribution in [2.45, 2.75) is 25.2 Å². The molecular weight excluding hydrogens is 390 g/mol. The first-order chi connectivity index (χ1) is 15.2. The Labute approximate surface area is 181 Å². The van der Waals surface area contributed by atoms with Gasteiger partial charge < -0.3 is 9.88 Å². The van der Waals surface area contributed by atoms with Crippen molar-refractivity contribution in [3.8, 4) is 11.3 Å². The van der Waals surface area contributed by atoms with Crippen LogP contribution in [0.15, 0.2) is 72.8 Å². The van der Waals surface area contributed by atoms with E-state index >= 15 is 0 Å². The SMILES string of the molecule is Fc1ccc(-c2[nH]c3ccccc3c2C2CCN(CCc3ccccc3)CC2)cc1F. The number of aromatic nitrogens is 1. The topological polar surface area (TPSA) is 19.0 Å². The number of rotatable bonds is 5. The Hall–Kier alpha value is -2.98. The summed E-state index contributed by atoms with van der Waals surface area (Å²) < 4.78 is 27.5. The predicted octanol–water partition coefficient (Wildman–Crippen LogP) is 6.54.